The zero-order chi connectivity index (χ0) is 12.3. The van der Waals surface area contributed by atoms with E-state index >= 15 is 0 Å². The second-order valence-electron chi connectivity index (χ2n) is 4.38. The highest BCUT2D eigenvalue weighted by molar-refractivity contribution is 6.30. The maximum absolute atomic E-state index is 6.18. The molecule has 1 aromatic rings. The van der Waals surface area contributed by atoms with Gasteiger partial charge in [0.25, 0.3) is 0 Å². The number of ether oxygens (including phenoxy) is 1. The topological polar surface area (TPSA) is 35.0 Å². The number of rotatable bonds is 4. The fourth-order valence-corrected chi connectivity index (χ4v) is 2.21. The van der Waals surface area contributed by atoms with Gasteiger partial charge in [0.15, 0.2) is 0 Å². The van der Waals surface area contributed by atoms with Gasteiger partial charge in [0.05, 0.1) is 6.61 Å². The average molecular weight is 243 g/mol. The highest BCUT2D eigenvalue weighted by Crippen LogP contribution is 2.26. The lowest BCUT2D eigenvalue weighted by molar-refractivity contribution is 0.181. The van der Waals surface area contributed by atoms with Crippen molar-refractivity contribution in [3.63, 3.8) is 0 Å². The van der Waals surface area contributed by atoms with E-state index in [9.17, 15) is 0 Å². The van der Waals surface area contributed by atoms with E-state index in [2.05, 4.69) is 23.8 Å². The zero-order valence-electron chi connectivity index (χ0n) is 10.5. The molecule has 4 heteroatoms. The van der Waals surface area contributed by atoms with E-state index in [4.69, 9.17) is 16.3 Å². The predicted molar refractivity (Wildman–Crippen MR) is 66.2 cm³/mol. The summed E-state index contributed by atoms with van der Waals surface area (Å²) in [7, 11) is 1.67. The number of halogens is 1. The Hall–Kier alpha value is -0.670. The van der Waals surface area contributed by atoms with Gasteiger partial charge in [-0.3, -0.25) is 0 Å². The van der Waals surface area contributed by atoms with Gasteiger partial charge in [-0.05, 0) is 12.8 Å². The number of hydrogen-bond acceptors (Lipinski definition) is 3. The van der Waals surface area contributed by atoms with E-state index in [0.717, 1.165) is 17.1 Å². The molecule has 0 fully saturated rings. The lowest BCUT2D eigenvalue weighted by Crippen LogP contribution is -2.10. The predicted octanol–water partition coefficient (Wildman–Crippen LogP) is 3.31. The average Bonchev–Trinajstić information content (AvgIpc) is 2.16. The molecule has 0 aliphatic heterocycles. The van der Waals surface area contributed by atoms with Crippen molar-refractivity contribution < 1.29 is 4.74 Å². The maximum Gasteiger partial charge on any atom is 0.136 e. The van der Waals surface area contributed by atoms with Crippen molar-refractivity contribution >= 4 is 11.6 Å². The smallest absolute Gasteiger partial charge is 0.136 e. The summed E-state index contributed by atoms with van der Waals surface area (Å²) in [4.78, 5) is 8.85. The summed E-state index contributed by atoms with van der Waals surface area (Å²) < 4.78 is 5.09. The molecule has 1 aromatic heterocycles. The number of aryl methyl sites for hydroxylation is 1. The van der Waals surface area contributed by atoms with Gasteiger partial charge in [0.1, 0.15) is 11.0 Å². The van der Waals surface area contributed by atoms with E-state index in [1.54, 1.807) is 7.11 Å². The molecule has 1 atom stereocenters. The van der Waals surface area contributed by atoms with Crippen LogP contribution in [0.3, 0.4) is 0 Å². The van der Waals surface area contributed by atoms with Crippen LogP contribution in [0.25, 0.3) is 0 Å². The van der Waals surface area contributed by atoms with Crippen LogP contribution in [0.2, 0.25) is 5.15 Å². The Morgan fingerprint density at radius 3 is 2.31 bits per heavy atom. The molecule has 1 rings (SSSR count). The first kappa shape index (κ1) is 13.4. The SMILES string of the molecule is COCC(C)c1nc(C)c(C(C)C)c(Cl)n1. The molecular formula is C12H19ClN2O. The molecular weight excluding hydrogens is 224 g/mol. The normalized spacial score (nSPS) is 13.2. The van der Waals surface area contributed by atoms with Gasteiger partial charge >= 0.3 is 0 Å². The highest BCUT2D eigenvalue weighted by atomic mass is 35.5. The molecule has 90 valence electrons. The maximum atomic E-state index is 6.18. The van der Waals surface area contributed by atoms with Gasteiger partial charge in [-0.2, -0.15) is 0 Å². The van der Waals surface area contributed by atoms with E-state index in [1.165, 1.54) is 0 Å². The minimum absolute atomic E-state index is 0.169. The molecule has 1 unspecified atom stereocenters. The van der Waals surface area contributed by atoms with Gasteiger partial charge < -0.3 is 4.74 Å². The third kappa shape index (κ3) is 2.92. The van der Waals surface area contributed by atoms with Crippen LogP contribution in [0.1, 0.15) is 49.7 Å². The summed E-state index contributed by atoms with van der Waals surface area (Å²) in [5.41, 5.74) is 2.00. The van der Waals surface area contributed by atoms with Crippen molar-refractivity contribution in [1.29, 1.82) is 0 Å². The van der Waals surface area contributed by atoms with Crippen LogP contribution < -0.4 is 0 Å². The molecule has 0 radical (unpaired) electrons. The minimum Gasteiger partial charge on any atom is -0.384 e. The van der Waals surface area contributed by atoms with Crippen LogP contribution in [0, 0.1) is 6.92 Å². The Morgan fingerprint density at radius 1 is 1.25 bits per heavy atom. The van der Waals surface area contributed by atoms with Gasteiger partial charge in [-0.1, -0.05) is 32.4 Å². The molecule has 0 aliphatic carbocycles. The van der Waals surface area contributed by atoms with Crippen LogP contribution in [0.4, 0.5) is 0 Å². The van der Waals surface area contributed by atoms with Crippen molar-refractivity contribution in [2.24, 2.45) is 0 Å². The summed E-state index contributed by atoms with van der Waals surface area (Å²) in [6.45, 7) is 8.80. The molecule has 0 saturated carbocycles. The molecule has 0 bridgehead atoms. The van der Waals surface area contributed by atoms with Crippen molar-refractivity contribution in [1.82, 2.24) is 9.97 Å². The number of aromatic nitrogens is 2. The lowest BCUT2D eigenvalue weighted by Gasteiger charge is -2.15. The molecule has 0 aliphatic rings. The Balaban J connectivity index is 3.09. The quantitative estimate of drug-likeness (QED) is 0.760. The molecule has 0 aromatic carbocycles. The van der Waals surface area contributed by atoms with E-state index in [1.807, 2.05) is 13.8 Å². The summed E-state index contributed by atoms with van der Waals surface area (Å²) in [6.07, 6.45) is 0. The summed E-state index contributed by atoms with van der Waals surface area (Å²) in [5, 5.41) is 0.570. The Kier molecular flexibility index (Phi) is 4.69. The minimum atomic E-state index is 0.169. The van der Waals surface area contributed by atoms with Crippen LogP contribution in [-0.2, 0) is 4.74 Å². The molecule has 0 N–H and O–H groups in total. The third-order valence-electron chi connectivity index (χ3n) is 2.54. The fourth-order valence-electron chi connectivity index (χ4n) is 1.77. The van der Waals surface area contributed by atoms with Gasteiger partial charge in [-0.15, -0.1) is 0 Å². The van der Waals surface area contributed by atoms with Gasteiger partial charge in [0.2, 0.25) is 0 Å². The standard InChI is InChI=1S/C12H19ClN2O/c1-7(2)10-9(4)14-12(15-11(10)13)8(3)6-16-5/h7-8H,6H2,1-5H3. The second-order valence-corrected chi connectivity index (χ2v) is 4.74. The zero-order valence-corrected chi connectivity index (χ0v) is 11.3. The van der Waals surface area contributed by atoms with E-state index in [0.29, 0.717) is 17.7 Å². The number of hydrogen-bond donors (Lipinski definition) is 0. The Bertz CT molecular complexity index is 343. The number of nitrogens with zero attached hydrogens (tertiary/aromatic N) is 2. The molecule has 0 amide bonds. The second kappa shape index (κ2) is 5.60. The Morgan fingerprint density at radius 2 is 1.88 bits per heavy atom. The van der Waals surface area contributed by atoms with Crippen molar-refractivity contribution in [2.45, 2.75) is 39.5 Å². The largest absolute Gasteiger partial charge is 0.384 e. The summed E-state index contributed by atoms with van der Waals surface area (Å²) in [5.74, 6) is 1.27. The first-order valence-corrected chi connectivity index (χ1v) is 5.88. The Labute approximate surface area is 102 Å². The number of methoxy groups -OCH3 is 1. The van der Waals surface area contributed by atoms with Crippen molar-refractivity contribution in [3.8, 4) is 0 Å². The van der Waals surface area contributed by atoms with Crippen LogP contribution in [0.15, 0.2) is 0 Å². The fraction of sp³-hybridized carbons (Fsp3) is 0.667. The third-order valence-corrected chi connectivity index (χ3v) is 2.83. The van der Waals surface area contributed by atoms with Crippen molar-refractivity contribution in [2.75, 3.05) is 13.7 Å². The molecule has 0 spiro atoms. The van der Waals surface area contributed by atoms with Crippen LogP contribution in [0.5, 0.6) is 0 Å². The van der Waals surface area contributed by atoms with Gasteiger partial charge in [0, 0.05) is 24.3 Å². The van der Waals surface area contributed by atoms with E-state index < -0.39 is 0 Å². The lowest BCUT2D eigenvalue weighted by atomic mass is 10.0. The molecule has 0 saturated heterocycles. The van der Waals surface area contributed by atoms with Crippen molar-refractivity contribution in [3.05, 3.63) is 22.2 Å². The summed E-state index contributed by atoms with van der Waals surface area (Å²) in [6, 6.07) is 0. The van der Waals surface area contributed by atoms with Gasteiger partial charge in [-0.25, -0.2) is 9.97 Å². The highest BCUT2D eigenvalue weighted by Gasteiger charge is 2.16. The summed E-state index contributed by atoms with van der Waals surface area (Å²) >= 11 is 6.18. The monoisotopic (exact) mass is 242 g/mol. The van der Waals surface area contributed by atoms with E-state index in [-0.39, 0.29) is 5.92 Å². The van der Waals surface area contributed by atoms with Crippen LogP contribution >= 0.6 is 11.6 Å². The van der Waals surface area contributed by atoms with Crippen LogP contribution in [-0.4, -0.2) is 23.7 Å². The molecule has 1 heterocycles. The first-order chi connectivity index (χ1) is 7.47. The first-order valence-electron chi connectivity index (χ1n) is 5.50. The molecule has 3 nitrogen and oxygen atoms in total. The molecule has 16 heavy (non-hydrogen) atoms.